The van der Waals surface area contributed by atoms with E-state index in [2.05, 4.69) is 15.0 Å². The van der Waals surface area contributed by atoms with Crippen LogP contribution in [0.4, 0.5) is 0 Å². The molecular weight excluding hydrogens is 327 g/mol. The van der Waals surface area contributed by atoms with E-state index in [1.54, 1.807) is 42.7 Å². The fourth-order valence-electron chi connectivity index (χ4n) is 2.00. The molecule has 1 atom stereocenters. The molecule has 3 aromatic rings. The van der Waals surface area contributed by atoms with Crippen LogP contribution >= 0.6 is 35.0 Å². The summed E-state index contributed by atoms with van der Waals surface area (Å²) in [6.07, 6.45) is 9.03. The molecule has 108 valence electrons. The smallest absolute Gasteiger partial charge is 0.165 e. The van der Waals surface area contributed by atoms with Gasteiger partial charge in [-0.15, -0.1) is 0 Å². The highest BCUT2D eigenvalue weighted by molar-refractivity contribution is 7.99. The van der Waals surface area contributed by atoms with Gasteiger partial charge in [0.05, 0.1) is 11.6 Å². The molecule has 0 radical (unpaired) electrons. The second kappa shape index (κ2) is 6.56. The zero-order valence-corrected chi connectivity index (χ0v) is 13.2. The Hall–Kier alpha value is -1.43. The van der Waals surface area contributed by atoms with Crippen LogP contribution < -0.4 is 0 Å². The number of halogens is 2. The number of rotatable bonds is 5. The number of aromatic amines is 1. The minimum absolute atomic E-state index is 0.107. The van der Waals surface area contributed by atoms with Gasteiger partial charge in [0, 0.05) is 41.4 Å². The van der Waals surface area contributed by atoms with Gasteiger partial charge in [-0.05, 0) is 17.7 Å². The first-order valence-electron chi connectivity index (χ1n) is 6.29. The Bertz CT molecular complexity index is 662. The Kier molecular flexibility index (Phi) is 4.53. The normalized spacial score (nSPS) is 12.5. The average molecular weight is 339 g/mol. The van der Waals surface area contributed by atoms with Crippen molar-refractivity contribution in [3.63, 3.8) is 0 Å². The first-order valence-corrected chi connectivity index (χ1v) is 7.92. The number of benzene rings is 1. The lowest BCUT2D eigenvalue weighted by Gasteiger charge is -2.18. The van der Waals surface area contributed by atoms with Gasteiger partial charge in [0.1, 0.15) is 0 Å². The summed E-state index contributed by atoms with van der Waals surface area (Å²) in [4.78, 5) is 11.5. The number of hydrogen-bond donors (Lipinski definition) is 1. The highest BCUT2D eigenvalue weighted by Gasteiger charge is 2.18. The van der Waals surface area contributed by atoms with Crippen LogP contribution in [-0.4, -0.2) is 19.5 Å². The number of hydrogen-bond acceptors (Lipinski definition) is 3. The van der Waals surface area contributed by atoms with E-state index in [0.717, 1.165) is 17.3 Å². The number of imidazole rings is 2. The third kappa shape index (κ3) is 3.61. The van der Waals surface area contributed by atoms with Gasteiger partial charge in [-0.2, -0.15) is 0 Å². The molecule has 0 aliphatic rings. The van der Waals surface area contributed by atoms with Crippen LogP contribution in [0.3, 0.4) is 0 Å². The second-order valence-corrected chi connectivity index (χ2v) is 6.46. The molecule has 1 aromatic carbocycles. The van der Waals surface area contributed by atoms with E-state index < -0.39 is 0 Å². The summed E-state index contributed by atoms with van der Waals surface area (Å²) in [6, 6.07) is 5.58. The van der Waals surface area contributed by atoms with Crippen LogP contribution in [-0.2, 0) is 6.54 Å². The maximum Gasteiger partial charge on any atom is 0.165 e. The molecule has 2 heterocycles. The SMILES string of the molecule is Clc1ccc([C@H](Cn2ccnc2)Sc2ncc[nH]2)c(Cl)c1. The first-order chi connectivity index (χ1) is 10.2. The summed E-state index contributed by atoms with van der Waals surface area (Å²) in [5.74, 6) is 0. The monoisotopic (exact) mass is 338 g/mol. The molecule has 0 aliphatic heterocycles. The van der Waals surface area contributed by atoms with E-state index in [1.165, 1.54) is 0 Å². The van der Waals surface area contributed by atoms with Crippen LogP contribution in [0, 0.1) is 0 Å². The molecule has 0 amide bonds. The zero-order chi connectivity index (χ0) is 14.7. The van der Waals surface area contributed by atoms with Crippen molar-refractivity contribution in [3.8, 4) is 0 Å². The van der Waals surface area contributed by atoms with Gasteiger partial charge >= 0.3 is 0 Å². The predicted molar refractivity (Wildman–Crippen MR) is 85.9 cm³/mol. The lowest BCUT2D eigenvalue weighted by molar-refractivity contribution is 0.682. The number of nitrogens with one attached hydrogen (secondary N) is 1. The third-order valence-electron chi connectivity index (χ3n) is 2.97. The van der Waals surface area contributed by atoms with Crippen molar-refractivity contribution in [2.75, 3.05) is 0 Å². The summed E-state index contributed by atoms with van der Waals surface area (Å²) in [5.41, 5.74) is 1.02. The van der Waals surface area contributed by atoms with Gasteiger partial charge in [0.25, 0.3) is 0 Å². The van der Waals surface area contributed by atoms with Crippen molar-refractivity contribution in [2.24, 2.45) is 0 Å². The first kappa shape index (κ1) is 14.5. The van der Waals surface area contributed by atoms with E-state index in [0.29, 0.717) is 10.0 Å². The lowest BCUT2D eigenvalue weighted by atomic mass is 10.1. The summed E-state index contributed by atoms with van der Waals surface area (Å²) in [6.45, 7) is 0.743. The maximum absolute atomic E-state index is 6.35. The Morgan fingerprint density at radius 3 is 2.86 bits per heavy atom. The van der Waals surface area contributed by atoms with Crippen molar-refractivity contribution in [2.45, 2.75) is 17.0 Å². The molecule has 1 N–H and O–H groups in total. The summed E-state index contributed by atoms with van der Waals surface area (Å²) < 4.78 is 2.02. The van der Waals surface area contributed by atoms with E-state index in [-0.39, 0.29) is 5.25 Å². The number of thioether (sulfide) groups is 1. The van der Waals surface area contributed by atoms with Crippen molar-refractivity contribution >= 4 is 35.0 Å². The van der Waals surface area contributed by atoms with Crippen molar-refractivity contribution < 1.29 is 0 Å². The molecular formula is C14H12Cl2N4S. The second-order valence-electron chi connectivity index (χ2n) is 4.43. The van der Waals surface area contributed by atoms with Crippen LogP contribution in [0.1, 0.15) is 10.8 Å². The molecule has 0 aliphatic carbocycles. The molecule has 3 rings (SSSR count). The van der Waals surface area contributed by atoms with Gasteiger partial charge in [0.15, 0.2) is 5.16 Å². The topological polar surface area (TPSA) is 46.5 Å². The minimum atomic E-state index is 0.107. The number of aromatic nitrogens is 4. The standard InChI is InChI=1S/C14H12Cl2N4S/c15-10-1-2-11(12(16)7-10)13(8-20-6-5-17-9-20)21-14-18-3-4-19-14/h1-7,9,13H,8H2,(H,18,19)/t13-/m0/s1. The van der Waals surface area contributed by atoms with Gasteiger partial charge in [-0.25, -0.2) is 9.97 Å². The van der Waals surface area contributed by atoms with Gasteiger partial charge < -0.3 is 9.55 Å². The quantitative estimate of drug-likeness (QED) is 0.699. The minimum Gasteiger partial charge on any atom is -0.340 e. The molecule has 0 unspecified atom stereocenters. The predicted octanol–water partition coefficient (Wildman–Crippen LogP) is 4.45. The van der Waals surface area contributed by atoms with E-state index in [1.807, 2.05) is 22.9 Å². The van der Waals surface area contributed by atoms with Crippen LogP contribution in [0.5, 0.6) is 0 Å². The average Bonchev–Trinajstić information content (AvgIpc) is 3.11. The van der Waals surface area contributed by atoms with Crippen molar-refractivity contribution in [1.82, 2.24) is 19.5 Å². The van der Waals surface area contributed by atoms with Crippen LogP contribution in [0.25, 0.3) is 0 Å². The molecule has 0 saturated heterocycles. The maximum atomic E-state index is 6.35. The molecule has 0 spiro atoms. The molecule has 0 fully saturated rings. The third-order valence-corrected chi connectivity index (χ3v) is 4.67. The molecule has 0 saturated carbocycles. The van der Waals surface area contributed by atoms with E-state index in [9.17, 15) is 0 Å². The molecule has 0 bridgehead atoms. The van der Waals surface area contributed by atoms with E-state index in [4.69, 9.17) is 23.2 Å². The summed E-state index contributed by atoms with van der Waals surface area (Å²) in [5, 5.41) is 2.25. The van der Waals surface area contributed by atoms with Crippen molar-refractivity contribution in [3.05, 3.63) is 64.9 Å². The summed E-state index contributed by atoms with van der Waals surface area (Å²) in [7, 11) is 0. The fourth-order valence-corrected chi connectivity index (χ4v) is 3.71. The Morgan fingerprint density at radius 1 is 1.29 bits per heavy atom. The van der Waals surface area contributed by atoms with Crippen molar-refractivity contribution in [1.29, 1.82) is 0 Å². The molecule has 4 nitrogen and oxygen atoms in total. The Balaban J connectivity index is 1.90. The summed E-state index contributed by atoms with van der Waals surface area (Å²) >= 11 is 14.0. The van der Waals surface area contributed by atoms with E-state index >= 15 is 0 Å². The number of H-pyrrole nitrogens is 1. The Morgan fingerprint density at radius 2 is 2.19 bits per heavy atom. The highest BCUT2D eigenvalue weighted by Crippen LogP contribution is 2.38. The number of nitrogens with zero attached hydrogens (tertiary/aromatic N) is 3. The van der Waals surface area contributed by atoms with Crippen LogP contribution in [0.2, 0.25) is 10.0 Å². The molecule has 7 heteroatoms. The Labute approximate surface area is 136 Å². The van der Waals surface area contributed by atoms with Gasteiger partial charge in [0.2, 0.25) is 0 Å². The van der Waals surface area contributed by atoms with Gasteiger partial charge in [-0.1, -0.05) is 41.0 Å². The molecule has 2 aromatic heterocycles. The lowest BCUT2D eigenvalue weighted by Crippen LogP contribution is -2.06. The molecule has 21 heavy (non-hydrogen) atoms. The highest BCUT2D eigenvalue weighted by atomic mass is 35.5. The largest absolute Gasteiger partial charge is 0.340 e. The van der Waals surface area contributed by atoms with Gasteiger partial charge in [-0.3, -0.25) is 0 Å². The van der Waals surface area contributed by atoms with Crippen LogP contribution in [0.15, 0.2) is 54.5 Å². The zero-order valence-electron chi connectivity index (χ0n) is 10.9. The fraction of sp³-hybridized carbons (Fsp3) is 0.143.